The van der Waals surface area contributed by atoms with Gasteiger partial charge < -0.3 is 0 Å². The van der Waals surface area contributed by atoms with Crippen molar-refractivity contribution in [3.8, 4) is 0 Å². The van der Waals surface area contributed by atoms with Gasteiger partial charge in [-0.05, 0) is 40.4 Å². The minimum atomic E-state index is 0.640. The summed E-state index contributed by atoms with van der Waals surface area (Å²) in [5.41, 5.74) is 2.68. The summed E-state index contributed by atoms with van der Waals surface area (Å²) in [7, 11) is 0. The summed E-state index contributed by atoms with van der Waals surface area (Å²) in [6, 6.07) is 5.80. The number of rotatable bonds is 8. The van der Waals surface area contributed by atoms with Crippen LogP contribution in [0.25, 0.3) is 5.65 Å². The van der Waals surface area contributed by atoms with Crippen molar-refractivity contribution in [3.63, 3.8) is 0 Å². The summed E-state index contributed by atoms with van der Waals surface area (Å²) in [6.07, 6.45) is 11.0. The van der Waals surface area contributed by atoms with E-state index in [9.17, 15) is 0 Å². The molecule has 138 valence electrons. The van der Waals surface area contributed by atoms with Crippen LogP contribution in [0.3, 0.4) is 0 Å². The van der Waals surface area contributed by atoms with Gasteiger partial charge in [0.1, 0.15) is 0 Å². The van der Waals surface area contributed by atoms with E-state index in [0.717, 1.165) is 33.7 Å². The Morgan fingerprint density at radius 1 is 1.19 bits per heavy atom. The average Bonchev–Trinajstić information content (AvgIpc) is 3.03. The first-order chi connectivity index (χ1) is 12.6. The fourth-order valence-electron chi connectivity index (χ4n) is 3.34. The first-order valence-corrected chi connectivity index (χ1v) is 9.91. The van der Waals surface area contributed by atoms with Crippen LogP contribution >= 0.6 is 15.9 Å². The summed E-state index contributed by atoms with van der Waals surface area (Å²) < 4.78 is 2.63. The van der Waals surface area contributed by atoms with Gasteiger partial charge in [-0.25, -0.2) is 10.8 Å². The van der Waals surface area contributed by atoms with E-state index >= 15 is 0 Å². The van der Waals surface area contributed by atoms with Crippen LogP contribution in [0.4, 0.5) is 11.5 Å². The second-order valence-electron chi connectivity index (χ2n) is 6.56. The number of hydrogen-bond donors (Lipinski definition) is 1. The third-order valence-corrected chi connectivity index (χ3v) is 5.10. The number of pyridine rings is 1. The van der Waals surface area contributed by atoms with E-state index in [1.165, 1.54) is 25.7 Å². The summed E-state index contributed by atoms with van der Waals surface area (Å²) in [5.74, 6) is 7.84. The second kappa shape index (κ2) is 8.60. The highest BCUT2D eigenvalue weighted by Crippen LogP contribution is 2.28. The van der Waals surface area contributed by atoms with Crippen molar-refractivity contribution in [3.05, 3.63) is 47.0 Å². The summed E-state index contributed by atoms with van der Waals surface area (Å²) >= 11 is 3.55. The topological polar surface area (TPSA) is 72.3 Å². The minimum absolute atomic E-state index is 0.640. The van der Waals surface area contributed by atoms with Crippen LogP contribution in [0.1, 0.15) is 45.2 Å². The quantitative estimate of drug-likeness (QED) is 0.426. The number of hydrogen-bond acceptors (Lipinski definition) is 5. The van der Waals surface area contributed by atoms with Crippen LogP contribution in [-0.4, -0.2) is 19.6 Å². The molecule has 7 heteroatoms. The fourth-order valence-corrected chi connectivity index (χ4v) is 3.69. The zero-order valence-corrected chi connectivity index (χ0v) is 16.9. The SMILES string of the molecule is CCCC(CCC)Cc1cc(N(N)c2ccncc2)n2ncc(Br)c2n1. The maximum atomic E-state index is 6.41. The molecule has 0 aliphatic heterocycles. The molecule has 0 atom stereocenters. The summed E-state index contributed by atoms with van der Waals surface area (Å²) in [5, 5.41) is 6.06. The van der Waals surface area contributed by atoms with E-state index in [2.05, 4.69) is 39.9 Å². The van der Waals surface area contributed by atoms with E-state index in [1.54, 1.807) is 28.1 Å². The highest BCUT2D eigenvalue weighted by Gasteiger charge is 2.17. The van der Waals surface area contributed by atoms with Crippen LogP contribution in [0.5, 0.6) is 0 Å². The molecule has 0 saturated heterocycles. The van der Waals surface area contributed by atoms with E-state index in [-0.39, 0.29) is 0 Å². The molecule has 0 fully saturated rings. The molecule has 2 N–H and O–H groups in total. The number of nitrogens with two attached hydrogens (primary N) is 1. The number of fused-ring (bicyclic) bond motifs is 1. The van der Waals surface area contributed by atoms with Gasteiger partial charge in [0, 0.05) is 24.2 Å². The van der Waals surface area contributed by atoms with Gasteiger partial charge in [0.2, 0.25) is 0 Å². The van der Waals surface area contributed by atoms with Crippen molar-refractivity contribution in [2.24, 2.45) is 11.8 Å². The third kappa shape index (κ3) is 4.04. The molecule has 3 aromatic rings. The molecule has 0 amide bonds. The lowest BCUT2D eigenvalue weighted by Gasteiger charge is -2.21. The zero-order valence-electron chi connectivity index (χ0n) is 15.3. The van der Waals surface area contributed by atoms with Crippen LogP contribution in [0.2, 0.25) is 0 Å². The molecular weight excluding hydrogens is 392 g/mol. The van der Waals surface area contributed by atoms with Gasteiger partial charge in [-0.15, -0.1) is 0 Å². The van der Waals surface area contributed by atoms with Crippen LogP contribution in [0, 0.1) is 5.92 Å². The largest absolute Gasteiger partial charge is 0.265 e. The van der Waals surface area contributed by atoms with E-state index in [1.807, 2.05) is 18.2 Å². The number of anilines is 2. The maximum absolute atomic E-state index is 6.41. The Balaban J connectivity index is 2.02. The first-order valence-electron chi connectivity index (χ1n) is 9.12. The summed E-state index contributed by atoms with van der Waals surface area (Å²) in [6.45, 7) is 4.48. The van der Waals surface area contributed by atoms with Gasteiger partial charge in [-0.3, -0.25) is 9.99 Å². The highest BCUT2D eigenvalue weighted by molar-refractivity contribution is 9.10. The van der Waals surface area contributed by atoms with Gasteiger partial charge >= 0.3 is 0 Å². The van der Waals surface area contributed by atoms with Crippen molar-refractivity contribution in [1.29, 1.82) is 0 Å². The molecule has 3 heterocycles. The Morgan fingerprint density at radius 2 is 1.88 bits per heavy atom. The molecule has 0 spiro atoms. The molecule has 0 radical (unpaired) electrons. The molecule has 6 nitrogen and oxygen atoms in total. The standard InChI is InChI=1S/C19H25BrN6/c1-3-5-14(6-4-2)11-15-12-18(25(21)16-7-9-22-10-8-16)26-19(24-15)17(20)13-23-26/h7-10,12-14H,3-6,11,21H2,1-2H3. The molecule has 26 heavy (non-hydrogen) atoms. The van der Waals surface area contributed by atoms with Crippen LogP contribution in [0.15, 0.2) is 41.3 Å². The van der Waals surface area contributed by atoms with Crippen LogP contribution in [-0.2, 0) is 6.42 Å². The molecule has 0 aliphatic carbocycles. The first kappa shape index (κ1) is 18.8. The molecule has 3 rings (SSSR count). The predicted molar refractivity (Wildman–Crippen MR) is 108 cm³/mol. The third-order valence-electron chi connectivity index (χ3n) is 4.54. The molecule has 3 aromatic heterocycles. The number of halogens is 1. The maximum Gasteiger partial charge on any atom is 0.171 e. The molecule has 0 aliphatic rings. The Labute approximate surface area is 162 Å². The number of aromatic nitrogens is 4. The van der Waals surface area contributed by atoms with Crippen molar-refractivity contribution in [2.75, 3.05) is 5.01 Å². The summed E-state index contributed by atoms with van der Waals surface area (Å²) in [4.78, 5) is 8.90. The van der Waals surface area contributed by atoms with Crippen LogP contribution < -0.4 is 10.9 Å². The lowest BCUT2D eigenvalue weighted by atomic mass is 9.93. The molecule has 0 aromatic carbocycles. The Morgan fingerprint density at radius 3 is 2.54 bits per heavy atom. The van der Waals surface area contributed by atoms with E-state index in [4.69, 9.17) is 10.8 Å². The fraction of sp³-hybridized carbons (Fsp3) is 0.421. The molecule has 0 bridgehead atoms. The van der Waals surface area contributed by atoms with Gasteiger partial charge in [0.15, 0.2) is 11.5 Å². The molecule has 0 unspecified atom stereocenters. The highest BCUT2D eigenvalue weighted by atomic mass is 79.9. The molecular formula is C19H25BrN6. The Bertz CT molecular complexity index is 842. The molecule has 0 saturated carbocycles. The lowest BCUT2D eigenvalue weighted by Crippen LogP contribution is -2.28. The monoisotopic (exact) mass is 416 g/mol. The van der Waals surface area contributed by atoms with E-state index in [0.29, 0.717) is 5.92 Å². The smallest absolute Gasteiger partial charge is 0.171 e. The number of hydrazine groups is 1. The predicted octanol–water partition coefficient (Wildman–Crippen LogP) is 4.66. The average molecular weight is 417 g/mol. The minimum Gasteiger partial charge on any atom is -0.265 e. The van der Waals surface area contributed by atoms with Crippen molar-refractivity contribution < 1.29 is 0 Å². The van der Waals surface area contributed by atoms with E-state index < -0.39 is 0 Å². The van der Waals surface area contributed by atoms with Gasteiger partial charge in [0.25, 0.3) is 0 Å². The van der Waals surface area contributed by atoms with Crippen molar-refractivity contribution >= 4 is 33.1 Å². The second-order valence-corrected chi connectivity index (χ2v) is 7.41. The number of nitrogens with zero attached hydrogens (tertiary/aromatic N) is 5. The Hall–Kier alpha value is -1.99. The van der Waals surface area contributed by atoms with Gasteiger partial charge in [-0.1, -0.05) is 39.5 Å². The van der Waals surface area contributed by atoms with Gasteiger partial charge in [-0.2, -0.15) is 9.61 Å². The van der Waals surface area contributed by atoms with Crippen molar-refractivity contribution in [1.82, 2.24) is 19.6 Å². The normalized spacial score (nSPS) is 11.4. The lowest BCUT2D eigenvalue weighted by molar-refractivity contribution is 0.434. The Kier molecular flexibility index (Phi) is 6.21. The zero-order chi connectivity index (χ0) is 18.5. The van der Waals surface area contributed by atoms with Gasteiger partial charge in [0.05, 0.1) is 16.4 Å². The van der Waals surface area contributed by atoms with Crippen molar-refractivity contribution in [2.45, 2.75) is 46.0 Å².